The van der Waals surface area contributed by atoms with E-state index in [2.05, 4.69) is 6.92 Å². The van der Waals surface area contributed by atoms with Crippen LogP contribution in [-0.4, -0.2) is 10.4 Å². The fourth-order valence-corrected chi connectivity index (χ4v) is 4.20. The lowest BCUT2D eigenvalue weighted by Crippen LogP contribution is -2.15. The molecule has 1 fully saturated rings. The van der Waals surface area contributed by atoms with Gasteiger partial charge in [-0.1, -0.05) is 19.8 Å². The lowest BCUT2D eigenvalue weighted by molar-refractivity contribution is 0.196. The van der Waals surface area contributed by atoms with E-state index in [0.29, 0.717) is 5.25 Å². The van der Waals surface area contributed by atoms with Gasteiger partial charge in [0, 0.05) is 10.1 Å². The van der Waals surface area contributed by atoms with E-state index < -0.39 is 6.10 Å². The van der Waals surface area contributed by atoms with Gasteiger partial charge in [0.15, 0.2) is 0 Å². The molecule has 1 aromatic rings. The summed E-state index contributed by atoms with van der Waals surface area (Å²) in [6.07, 6.45) is 4.45. The summed E-state index contributed by atoms with van der Waals surface area (Å²) in [4.78, 5) is 1.03. The van der Waals surface area contributed by atoms with Crippen LogP contribution >= 0.6 is 11.8 Å². The third-order valence-electron chi connectivity index (χ3n) is 3.60. The third kappa shape index (κ3) is 3.48. The second-order valence-corrected chi connectivity index (χ2v) is 6.71. The van der Waals surface area contributed by atoms with Crippen molar-refractivity contribution in [2.24, 2.45) is 5.92 Å². The molecule has 1 nitrogen and oxygen atoms in total. The lowest BCUT2D eigenvalue weighted by Gasteiger charge is -2.27. The Hall–Kier alpha value is -0.540. The average Bonchev–Trinajstić information content (AvgIpc) is 2.31. The molecule has 3 atom stereocenters. The van der Waals surface area contributed by atoms with Gasteiger partial charge >= 0.3 is 0 Å². The molecule has 100 valence electrons. The van der Waals surface area contributed by atoms with Crippen molar-refractivity contribution in [3.63, 3.8) is 0 Å². The molecule has 1 aromatic carbocycles. The normalized spacial score (nSPS) is 26.0. The number of hydrogen-bond acceptors (Lipinski definition) is 2. The van der Waals surface area contributed by atoms with E-state index in [1.54, 1.807) is 24.8 Å². The Kier molecular flexibility index (Phi) is 4.68. The molecular weight excluding hydrogens is 247 g/mol. The van der Waals surface area contributed by atoms with E-state index in [9.17, 15) is 9.50 Å². The first-order chi connectivity index (χ1) is 8.56. The fraction of sp³-hybridized carbons (Fsp3) is 0.600. The van der Waals surface area contributed by atoms with E-state index in [1.165, 1.54) is 37.8 Å². The molecular formula is C15H21FOS. The van der Waals surface area contributed by atoms with E-state index in [0.717, 1.165) is 16.4 Å². The molecule has 0 bridgehead atoms. The number of aliphatic hydroxyl groups excluding tert-OH is 1. The molecule has 3 heteroatoms. The highest BCUT2D eigenvalue weighted by Gasteiger charge is 2.21. The minimum atomic E-state index is -0.607. The van der Waals surface area contributed by atoms with Gasteiger partial charge in [-0.15, -0.1) is 11.8 Å². The first-order valence-corrected chi connectivity index (χ1v) is 7.58. The highest BCUT2D eigenvalue weighted by Crippen LogP contribution is 2.38. The van der Waals surface area contributed by atoms with Gasteiger partial charge in [0.2, 0.25) is 0 Å². The molecule has 0 aromatic heterocycles. The maximum atomic E-state index is 13.2. The number of halogens is 1. The van der Waals surface area contributed by atoms with E-state index in [4.69, 9.17) is 0 Å². The van der Waals surface area contributed by atoms with Crippen LogP contribution in [0.1, 0.15) is 51.2 Å². The van der Waals surface area contributed by atoms with Gasteiger partial charge in [-0.05, 0) is 49.4 Å². The Labute approximate surface area is 113 Å². The number of hydrogen-bond donors (Lipinski definition) is 1. The molecule has 18 heavy (non-hydrogen) atoms. The van der Waals surface area contributed by atoms with Crippen LogP contribution in [0, 0.1) is 11.7 Å². The van der Waals surface area contributed by atoms with Crippen LogP contribution < -0.4 is 0 Å². The molecule has 2 unspecified atom stereocenters. The van der Waals surface area contributed by atoms with Gasteiger partial charge in [0.05, 0.1) is 6.10 Å². The molecule has 0 heterocycles. The molecule has 0 radical (unpaired) electrons. The smallest absolute Gasteiger partial charge is 0.123 e. The highest BCUT2D eigenvalue weighted by molar-refractivity contribution is 8.00. The summed E-state index contributed by atoms with van der Waals surface area (Å²) in [5.41, 5.74) is 0.721. The summed E-state index contributed by atoms with van der Waals surface area (Å²) in [5, 5.41) is 10.3. The van der Waals surface area contributed by atoms with Crippen molar-refractivity contribution in [3.8, 4) is 0 Å². The predicted molar refractivity (Wildman–Crippen MR) is 74.3 cm³/mol. The number of benzene rings is 1. The van der Waals surface area contributed by atoms with Crippen LogP contribution in [0.3, 0.4) is 0 Å². The van der Waals surface area contributed by atoms with Crippen LogP contribution in [0.15, 0.2) is 23.1 Å². The van der Waals surface area contributed by atoms with Gasteiger partial charge in [-0.3, -0.25) is 0 Å². The quantitative estimate of drug-likeness (QED) is 0.868. The zero-order valence-corrected chi connectivity index (χ0v) is 11.8. The summed E-state index contributed by atoms with van der Waals surface area (Å²) >= 11 is 1.81. The Morgan fingerprint density at radius 2 is 2.17 bits per heavy atom. The van der Waals surface area contributed by atoms with E-state index in [-0.39, 0.29) is 5.82 Å². The summed E-state index contributed by atoms with van der Waals surface area (Å²) in [5.74, 6) is 0.513. The van der Waals surface area contributed by atoms with Crippen molar-refractivity contribution in [3.05, 3.63) is 29.6 Å². The number of aliphatic hydroxyl groups is 1. The van der Waals surface area contributed by atoms with Crippen molar-refractivity contribution < 1.29 is 9.50 Å². The largest absolute Gasteiger partial charge is 0.389 e. The van der Waals surface area contributed by atoms with Crippen LogP contribution in [0.25, 0.3) is 0 Å². The standard InChI is InChI=1S/C15H21FOS/c1-10-4-3-5-13(8-10)18-15-7-6-12(16)9-14(15)11(2)17/h6-7,9-11,13,17H,3-5,8H2,1-2H3/t10?,11-,13?/m1/s1. The van der Waals surface area contributed by atoms with Gasteiger partial charge < -0.3 is 5.11 Å². The molecule has 2 rings (SSSR count). The lowest BCUT2D eigenvalue weighted by atomic mass is 9.91. The Morgan fingerprint density at radius 1 is 1.39 bits per heavy atom. The molecule has 0 spiro atoms. The van der Waals surface area contributed by atoms with Gasteiger partial charge in [0.25, 0.3) is 0 Å². The molecule has 1 aliphatic rings. The van der Waals surface area contributed by atoms with Gasteiger partial charge in [-0.25, -0.2) is 4.39 Å². The SMILES string of the molecule is CC1CCCC(Sc2ccc(F)cc2[C@@H](C)O)C1. The monoisotopic (exact) mass is 268 g/mol. The van der Waals surface area contributed by atoms with Gasteiger partial charge in [0.1, 0.15) is 5.82 Å². The van der Waals surface area contributed by atoms with Crippen molar-refractivity contribution in [2.75, 3.05) is 0 Å². The van der Waals surface area contributed by atoms with Crippen LogP contribution in [-0.2, 0) is 0 Å². The summed E-state index contributed by atoms with van der Waals surface area (Å²) in [6, 6.07) is 4.75. The van der Waals surface area contributed by atoms with Crippen molar-refractivity contribution >= 4 is 11.8 Å². The summed E-state index contributed by atoms with van der Waals surface area (Å²) < 4.78 is 13.2. The molecule has 0 saturated heterocycles. The molecule has 1 aliphatic carbocycles. The zero-order valence-electron chi connectivity index (χ0n) is 11.0. The highest BCUT2D eigenvalue weighted by atomic mass is 32.2. The second kappa shape index (κ2) is 6.07. The third-order valence-corrected chi connectivity index (χ3v) is 4.99. The minimum absolute atomic E-state index is 0.271. The van der Waals surface area contributed by atoms with E-state index in [1.807, 2.05) is 0 Å². The molecule has 1 saturated carbocycles. The maximum absolute atomic E-state index is 13.2. The van der Waals surface area contributed by atoms with Crippen molar-refractivity contribution in [1.82, 2.24) is 0 Å². The Morgan fingerprint density at radius 3 is 2.83 bits per heavy atom. The molecule has 1 N–H and O–H groups in total. The van der Waals surface area contributed by atoms with E-state index >= 15 is 0 Å². The summed E-state index contributed by atoms with van der Waals surface area (Å²) in [7, 11) is 0. The second-order valence-electron chi connectivity index (χ2n) is 5.37. The zero-order chi connectivity index (χ0) is 13.1. The minimum Gasteiger partial charge on any atom is -0.389 e. The Bertz CT molecular complexity index is 405. The molecule has 0 amide bonds. The average molecular weight is 268 g/mol. The first-order valence-electron chi connectivity index (χ1n) is 6.70. The van der Waals surface area contributed by atoms with Gasteiger partial charge in [-0.2, -0.15) is 0 Å². The number of thioether (sulfide) groups is 1. The number of rotatable bonds is 3. The van der Waals surface area contributed by atoms with Crippen LogP contribution in [0.5, 0.6) is 0 Å². The molecule has 0 aliphatic heterocycles. The van der Waals surface area contributed by atoms with Crippen LogP contribution in [0.2, 0.25) is 0 Å². The maximum Gasteiger partial charge on any atom is 0.123 e. The van der Waals surface area contributed by atoms with Crippen molar-refractivity contribution in [2.45, 2.75) is 55.8 Å². The predicted octanol–water partition coefficient (Wildman–Crippen LogP) is 4.55. The Balaban J connectivity index is 2.12. The topological polar surface area (TPSA) is 20.2 Å². The fourth-order valence-electron chi connectivity index (χ4n) is 2.62. The van der Waals surface area contributed by atoms with Crippen molar-refractivity contribution in [1.29, 1.82) is 0 Å². The summed E-state index contributed by atoms with van der Waals surface area (Å²) in [6.45, 7) is 4.00. The first kappa shape index (κ1) is 13.9. The van der Waals surface area contributed by atoms with Crippen LogP contribution in [0.4, 0.5) is 4.39 Å².